The maximum atomic E-state index is 13.8. The molecule has 2 saturated heterocycles. The van der Waals surface area contributed by atoms with Crippen molar-refractivity contribution >= 4 is 23.4 Å². The van der Waals surface area contributed by atoms with Gasteiger partial charge < -0.3 is 24.4 Å². The number of halogens is 1. The minimum absolute atomic E-state index is 0.0256. The lowest BCUT2D eigenvalue weighted by molar-refractivity contribution is -0.152. The van der Waals surface area contributed by atoms with Gasteiger partial charge in [0.1, 0.15) is 11.4 Å². The number of hydrogen-bond acceptors (Lipinski definition) is 6. The van der Waals surface area contributed by atoms with E-state index in [1.807, 2.05) is 71.6 Å². The van der Waals surface area contributed by atoms with Gasteiger partial charge in [0.25, 0.3) is 11.8 Å². The van der Waals surface area contributed by atoms with Crippen molar-refractivity contribution in [2.75, 3.05) is 39.4 Å². The number of carbonyl (C=O) groups excluding carboxylic acids is 2. The van der Waals surface area contributed by atoms with Crippen LogP contribution in [-0.4, -0.2) is 72.7 Å². The van der Waals surface area contributed by atoms with Gasteiger partial charge >= 0.3 is 0 Å². The van der Waals surface area contributed by atoms with Crippen LogP contribution in [0.15, 0.2) is 66.7 Å². The molecular weight excluding hydrogens is 674 g/mol. The third-order valence-electron chi connectivity index (χ3n) is 11.0. The van der Waals surface area contributed by atoms with Crippen LogP contribution in [0, 0.1) is 11.8 Å². The van der Waals surface area contributed by atoms with E-state index in [4.69, 9.17) is 25.8 Å². The molecule has 3 aromatic carbocycles. The predicted octanol–water partition coefficient (Wildman–Crippen LogP) is 8.47. The molecule has 0 unspecified atom stereocenters. The second-order valence-electron chi connectivity index (χ2n) is 15.5. The van der Waals surface area contributed by atoms with Crippen molar-refractivity contribution in [1.29, 1.82) is 0 Å². The summed E-state index contributed by atoms with van der Waals surface area (Å²) in [4.78, 5) is 31.6. The van der Waals surface area contributed by atoms with E-state index >= 15 is 0 Å². The molecule has 280 valence electrons. The molecule has 0 saturated carbocycles. The molecule has 1 N–H and O–H groups in total. The third-order valence-corrected chi connectivity index (χ3v) is 11.2. The van der Waals surface area contributed by atoms with Crippen LogP contribution in [-0.2, 0) is 22.6 Å². The quantitative estimate of drug-likeness (QED) is 0.179. The van der Waals surface area contributed by atoms with Crippen molar-refractivity contribution < 1.29 is 23.8 Å². The predicted molar refractivity (Wildman–Crippen MR) is 206 cm³/mol. The minimum atomic E-state index is -0.292. The van der Waals surface area contributed by atoms with E-state index < -0.39 is 0 Å². The summed E-state index contributed by atoms with van der Waals surface area (Å²) in [5, 5.41) is 3.74. The molecule has 3 aromatic rings. The summed E-state index contributed by atoms with van der Waals surface area (Å²) in [7, 11) is 0. The summed E-state index contributed by atoms with van der Waals surface area (Å²) >= 11 is 6.27. The molecule has 0 bridgehead atoms. The summed E-state index contributed by atoms with van der Waals surface area (Å²) in [6, 6.07) is 21.0. The Morgan fingerprint density at radius 3 is 2.50 bits per heavy atom. The number of amides is 2. The van der Waals surface area contributed by atoms with Gasteiger partial charge in [-0.05, 0) is 105 Å². The smallest absolute Gasteiger partial charge is 0.254 e. The second-order valence-corrected chi connectivity index (χ2v) is 16.0. The fourth-order valence-electron chi connectivity index (χ4n) is 7.97. The largest absolute Gasteiger partial charge is 0.487 e. The van der Waals surface area contributed by atoms with Crippen LogP contribution in [0.3, 0.4) is 0 Å². The van der Waals surface area contributed by atoms with E-state index in [-0.39, 0.29) is 35.5 Å². The van der Waals surface area contributed by atoms with Gasteiger partial charge in [0.15, 0.2) is 0 Å². The van der Waals surface area contributed by atoms with E-state index in [1.165, 1.54) is 6.42 Å². The first-order valence-electron chi connectivity index (χ1n) is 19.3. The number of rotatable bonds is 14. The lowest BCUT2D eigenvalue weighted by atomic mass is 9.72. The number of nitrogens with zero attached hydrogens (tertiary/aromatic N) is 2. The molecule has 9 heteroatoms. The molecule has 3 aliphatic rings. The average molecular weight is 730 g/mol. The summed E-state index contributed by atoms with van der Waals surface area (Å²) in [5.74, 6) is 1.55. The Morgan fingerprint density at radius 2 is 1.75 bits per heavy atom. The van der Waals surface area contributed by atoms with Crippen molar-refractivity contribution in [1.82, 2.24) is 15.1 Å². The molecule has 8 nitrogen and oxygen atoms in total. The number of fused-ring (bicyclic) bond motifs is 3. The molecule has 0 aliphatic carbocycles. The van der Waals surface area contributed by atoms with Crippen molar-refractivity contribution in [2.45, 2.75) is 97.1 Å². The second kappa shape index (κ2) is 17.6. The number of ether oxygens (including phenoxy) is 3. The Morgan fingerprint density at radius 1 is 0.981 bits per heavy atom. The third kappa shape index (κ3) is 9.75. The van der Waals surface area contributed by atoms with Crippen LogP contribution in [0.4, 0.5) is 0 Å². The number of nitrogens with one attached hydrogen (secondary N) is 1. The molecule has 2 amide bonds. The van der Waals surface area contributed by atoms with Crippen LogP contribution in [0.5, 0.6) is 5.75 Å². The van der Waals surface area contributed by atoms with Gasteiger partial charge in [-0.2, -0.15) is 0 Å². The zero-order valence-corrected chi connectivity index (χ0v) is 32.1. The molecule has 0 spiro atoms. The summed E-state index contributed by atoms with van der Waals surface area (Å²) in [6.45, 7) is 14.7. The van der Waals surface area contributed by atoms with Gasteiger partial charge in [-0.1, -0.05) is 56.1 Å². The summed E-state index contributed by atoms with van der Waals surface area (Å²) in [6.07, 6.45) is 6.29. The van der Waals surface area contributed by atoms with Gasteiger partial charge in [-0.25, -0.2) is 0 Å². The van der Waals surface area contributed by atoms with Gasteiger partial charge in [0.05, 0.1) is 25.4 Å². The van der Waals surface area contributed by atoms with Crippen molar-refractivity contribution in [3.8, 4) is 5.75 Å². The highest BCUT2D eigenvalue weighted by Crippen LogP contribution is 2.52. The van der Waals surface area contributed by atoms with Gasteiger partial charge in [-0.3, -0.25) is 14.5 Å². The Balaban J connectivity index is 1.09. The Bertz CT molecular complexity index is 1660. The van der Waals surface area contributed by atoms with E-state index in [2.05, 4.69) is 37.9 Å². The van der Waals surface area contributed by atoms with Gasteiger partial charge in [0, 0.05) is 66.9 Å². The molecule has 2 fully saturated rings. The van der Waals surface area contributed by atoms with Crippen LogP contribution < -0.4 is 10.1 Å². The number of hydrogen-bond donors (Lipinski definition) is 1. The molecule has 3 heterocycles. The van der Waals surface area contributed by atoms with Crippen molar-refractivity contribution in [3.63, 3.8) is 0 Å². The normalized spacial score (nSPS) is 23.0. The summed E-state index contributed by atoms with van der Waals surface area (Å²) < 4.78 is 18.8. The SMILES string of the molecule is CC(C)CCC[C@]1(C)Oc2ccc(C(=O)NCc3ccc(C(=O)N(CCCN4CCOCC4)Cc4cccc(Cl)c4)cc3)cc2[C@@H]2O[C@H](C)CC[C@H]21. The first kappa shape index (κ1) is 38.3. The first-order chi connectivity index (χ1) is 25.1. The van der Waals surface area contributed by atoms with Crippen LogP contribution in [0.25, 0.3) is 0 Å². The van der Waals surface area contributed by atoms with E-state index in [1.54, 1.807) is 0 Å². The molecule has 4 atom stereocenters. The molecule has 0 aromatic heterocycles. The van der Waals surface area contributed by atoms with Crippen LogP contribution in [0.1, 0.15) is 110 Å². The lowest BCUT2D eigenvalue weighted by Crippen LogP contribution is -2.50. The molecule has 3 aliphatic heterocycles. The molecule has 6 rings (SSSR count). The maximum absolute atomic E-state index is 13.8. The highest BCUT2D eigenvalue weighted by Gasteiger charge is 2.49. The molecule has 0 radical (unpaired) electrons. The fourth-order valence-corrected chi connectivity index (χ4v) is 8.19. The standard InChI is InChI=1S/C43H56ClN3O5/c1-30(2)8-6-19-43(4)38-17-11-31(3)51-40(38)37-27-35(16-18-39(37)52-43)41(48)45-28-32-12-14-34(15-13-32)42(49)47(29-33-9-5-10-36(44)26-33)21-7-20-46-22-24-50-25-23-46/h5,9-10,12-16,18,26-27,30-31,38,40H,6-8,11,17,19-25,28-29H2,1-4H3,(H,45,48)/t31-,38-,40+,43+/m1/s1. The van der Waals surface area contributed by atoms with Crippen LogP contribution in [0.2, 0.25) is 5.02 Å². The van der Waals surface area contributed by atoms with Crippen molar-refractivity contribution in [2.24, 2.45) is 11.8 Å². The van der Waals surface area contributed by atoms with E-state index in [0.29, 0.717) is 41.7 Å². The zero-order valence-electron chi connectivity index (χ0n) is 31.4. The maximum Gasteiger partial charge on any atom is 0.254 e. The first-order valence-corrected chi connectivity index (χ1v) is 19.6. The van der Waals surface area contributed by atoms with E-state index in [0.717, 1.165) is 87.4 Å². The fraction of sp³-hybridized carbons (Fsp3) is 0.535. The Kier molecular flexibility index (Phi) is 13.0. The highest BCUT2D eigenvalue weighted by atomic mass is 35.5. The molecular formula is C43H56ClN3O5. The summed E-state index contributed by atoms with van der Waals surface area (Å²) in [5.41, 5.74) is 3.80. The lowest BCUT2D eigenvalue weighted by Gasteiger charge is -2.50. The average Bonchev–Trinajstić information content (AvgIpc) is 3.13. The molecule has 52 heavy (non-hydrogen) atoms. The highest BCUT2D eigenvalue weighted by molar-refractivity contribution is 6.30. The van der Waals surface area contributed by atoms with Crippen LogP contribution >= 0.6 is 11.6 Å². The topological polar surface area (TPSA) is 80.3 Å². The van der Waals surface area contributed by atoms with E-state index in [9.17, 15) is 9.59 Å². The Labute approximate surface area is 315 Å². The van der Waals surface area contributed by atoms with Gasteiger partial charge in [-0.15, -0.1) is 0 Å². The number of morpholine rings is 1. The number of benzene rings is 3. The monoisotopic (exact) mass is 729 g/mol. The van der Waals surface area contributed by atoms with Crippen molar-refractivity contribution in [3.05, 3.63) is 99.6 Å². The Hall–Kier alpha value is -3.43. The van der Waals surface area contributed by atoms with Gasteiger partial charge in [0.2, 0.25) is 0 Å². The minimum Gasteiger partial charge on any atom is -0.487 e. The number of carbonyl (C=O) groups is 2. The zero-order chi connectivity index (χ0) is 36.7.